The summed E-state index contributed by atoms with van der Waals surface area (Å²) < 4.78 is 20.6. The van der Waals surface area contributed by atoms with Gasteiger partial charge in [-0.3, -0.25) is 0 Å². The second-order valence-electron chi connectivity index (χ2n) is 4.44. The topological polar surface area (TPSA) is 35.2 Å². The van der Waals surface area contributed by atoms with Crippen molar-refractivity contribution >= 4 is 22.6 Å². The summed E-state index contributed by atoms with van der Waals surface area (Å²) in [5.74, 6) is 0.556. The molecule has 2 N–H and O–H groups in total. The Morgan fingerprint density at radius 3 is 2.63 bits per heavy atom. The molecule has 1 unspecified atom stereocenters. The normalized spacial score (nSPS) is 12.2. The zero-order valence-electron chi connectivity index (χ0n) is 10.6. The first-order chi connectivity index (χ1) is 9.08. The first kappa shape index (κ1) is 14.3. The van der Waals surface area contributed by atoms with Gasteiger partial charge in [0.2, 0.25) is 0 Å². The minimum Gasteiger partial charge on any atom is -0.453 e. The van der Waals surface area contributed by atoms with Gasteiger partial charge in [-0.2, -0.15) is 0 Å². The van der Waals surface area contributed by atoms with Crippen LogP contribution in [0.4, 0.5) is 4.39 Å². The Morgan fingerprint density at radius 2 is 1.95 bits per heavy atom. The molecule has 0 spiro atoms. The van der Waals surface area contributed by atoms with Crippen LogP contribution in [0.3, 0.4) is 0 Å². The molecule has 0 radical (unpaired) electrons. The van der Waals surface area contributed by atoms with Crippen molar-refractivity contribution in [1.82, 2.24) is 0 Å². The van der Waals surface area contributed by atoms with E-state index in [1.54, 1.807) is 6.07 Å². The third kappa shape index (κ3) is 3.67. The fourth-order valence-corrected chi connectivity index (χ4v) is 2.31. The van der Waals surface area contributed by atoms with Gasteiger partial charge in [0.25, 0.3) is 0 Å². The summed E-state index contributed by atoms with van der Waals surface area (Å²) in [6.45, 7) is 1.89. The van der Waals surface area contributed by atoms with Crippen LogP contribution in [0.5, 0.6) is 11.5 Å². The highest BCUT2D eigenvalue weighted by Gasteiger charge is 2.13. The van der Waals surface area contributed by atoms with E-state index >= 15 is 0 Å². The zero-order chi connectivity index (χ0) is 13.8. The first-order valence-corrected chi connectivity index (χ1v) is 7.11. The molecule has 0 aliphatic carbocycles. The number of rotatable bonds is 4. The maximum Gasteiger partial charge on any atom is 0.166 e. The predicted molar refractivity (Wildman–Crippen MR) is 83.0 cm³/mol. The van der Waals surface area contributed by atoms with Crippen molar-refractivity contribution in [2.45, 2.75) is 19.4 Å². The SMILES string of the molecule is CC(N)Cc1cccc(F)c1Oc1ccccc1I. The Bertz CT molecular complexity index is 572. The number of hydrogen-bond acceptors (Lipinski definition) is 2. The van der Waals surface area contributed by atoms with E-state index in [0.29, 0.717) is 12.2 Å². The van der Waals surface area contributed by atoms with Crippen LogP contribution >= 0.6 is 22.6 Å². The number of hydrogen-bond donors (Lipinski definition) is 1. The van der Waals surface area contributed by atoms with E-state index in [9.17, 15) is 4.39 Å². The molecule has 2 aromatic carbocycles. The van der Waals surface area contributed by atoms with Crippen molar-refractivity contribution in [3.05, 3.63) is 57.4 Å². The van der Waals surface area contributed by atoms with Crippen LogP contribution in [0.1, 0.15) is 12.5 Å². The summed E-state index contributed by atoms with van der Waals surface area (Å²) in [6.07, 6.45) is 0.580. The number of para-hydroxylation sites is 2. The largest absolute Gasteiger partial charge is 0.453 e. The molecule has 0 aliphatic rings. The van der Waals surface area contributed by atoms with E-state index in [4.69, 9.17) is 10.5 Å². The molecule has 0 saturated carbocycles. The van der Waals surface area contributed by atoms with E-state index in [1.807, 2.05) is 37.3 Å². The quantitative estimate of drug-likeness (QED) is 0.821. The molecule has 0 heterocycles. The molecule has 2 aromatic rings. The van der Waals surface area contributed by atoms with Gasteiger partial charge in [0, 0.05) is 6.04 Å². The van der Waals surface area contributed by atoms with Crippen LogP contribution in [0, 0.1) is 9.39 Å². The molecule has 0 aromatic heterocycles. The monoisotopic (exact) mass is 371 g/mol. The lowest BCUT2D eigenvalue weighted by atomic mass is 10.1. The summed E-state index contributed by atoms with van der Waals surface area (Å²) in [5, 5.41) is 0. The van der Waals surface area contributed by atoms with Crippen LogP contribution in [0.25, 0.3) is 0 Å². The van der Waals surface area contributed by atoms with Crippen LogP contribution in [0.2, 0.25) is 0 Å². The second-order valence-corrected chi connectivity index (χ2v) is 5.60. The first-order valence-electron chi connectivity index (χ1n) is 6.03. The Kier molecular flexibility index (Phi) is 4.76. The van der Waals surface area contributed by atoms with Crippen molar-refractivity contribution in [2.75, 3.05) is 0 Å². The zero-order valence-corrected chi connectivity index (χ0v) is 12.7. The van der Waals surface area contributed by atoms with Crippen molar-refractivity contribution in [3.8, 4) is 11.5 Å². The molecule has 0 aliphatic heterocycles. The lowest BCUT2D eigenvalue weighted by Crippen LogP contribution is -2.18. The molecule has 100 valence electrons. The number of ether oxygens (including phenoxy) is 1. The van der Waals surface area contributed by atoms with Gasteiger partial charge in [-0.15, -0.1) is 0 Å². The molecular formula is C15H15FINO. The van der Waals surface area contributed by atoms with Crippen LogP contribution in [-0.2, 0) is 6.42 Å². The molecule has 0 amide bonds. The van der Waals surface area contributed by atoms with E-state index in [0.717, 1.165) is 9.13 Å². The molecule has 0 bridgehead atoms. The average Bonchev–Trinajstić information content (AvgIpc) is 2.35. The average molecular weight is 371 g/mol. The third-order valence-electron chi connectivity index (χ3n) is 2.64. The van der Waals surface area contributed by atoms with E-state index in [2.05, 4.69) is 22.6 Å². The highest BCUT2D eigenvalue weighted by Crippen LogP contribution is 2.31. The summed E-state index contributed by atoms with van der Waals surface area (Å²) in [7, 11) is 0. The highest BCUT2D eigenvalue weighted by molar-refractivity contribution is 14.1. The molecule has 2 rings (SSSR count). The summed E-state index contributed by atoms with van der Waals surface area (Å²) in [4.78, 5) is 0. The van der Waals surface area contributed by atoms with Crippen LogP contribution < -0.4 is 10.5 Å². The van der Waals surface area contributed by atoms with E-state index < -0.39 is 0 Å². The fourth-order valence-electron chi connectivity index (χ4n) is 1.81. The van der Waals surface area contributed by atoms with Gasteiger partial charge in [-0.25, -0.2) is 4.39 Å². The number of nitrogens with two attached hydrogens (primary N) is 1. The minimum atomic E-state index is -0.363. The third-order valence-corrected chi connectivity index (χ3v) is 3.53. The van der Waals surface area contributed by atoms with Gasteiger partial charge < -0.3 is 10.5 Å². The number of halogens is 2. The molecule has 0 fully saturated rings. The molecule has 4 heteroatoms. The van der Waals surface area contributed by atoms with Crippen molar-refractivity contribution < 1.29 is 9.13 Å². The molecular weight excluding hydrogens is 356 g/mol. The van der Waals surface area contributed by atoms with E-state index in [1.165, 1.54) is 6.07 Å². The molecule has 19 heavy (non-hydrogen) atoms. The Labute approximate surface area is 125 Å². The van der Waals surface area contributed by atoms with Gasteiger partial charge in [0.05, 0.1) is 3.57 Å². The molecule has 1 atom stereocenters. The summed E-state index contributed by atoms with van der Waals surface area (Å²) in [5.41, 5.74) is 6.57. The highest BCUT2D eigenvalue weighted by atomic mass is 127. The van der Waals surface area contributed by atoms with Crippen LogP contribution in [0.15, 0.2) is 42.5 Å². The summed E-state index contributed by atoms with van der Waals surface area (Å²) >= 11 is 2.16. The second kappa shape index (κ2) is 6.34. The maximum atomic E-state index is 13.9. The van der Waals surface area contributed by atoms with Crippen molar-refractivity contribution in [1.29, 1.82) is 0 Å². The Morgan fingerprint density at radius 1 is 1.21 bits per heavy atom. The Balaban J connectivity index is 2.36. The fraction of sp³-hybridized carbons (Fsp3) is 0.200. The molecule has 0 saturated heterocycles. The van der Waals surface area contributed by atoms with Gasteiger partial charge >= 0.3 is 0 Å². The molecule has 2 nitrogen and oxygen atoms in total. The van der Waals surface area contributed by atoms with Gasteiger partial charge in [-0.05, 0) is 59.7 Å². The predicted octanol–water partition coefficient (Wildman–Crippen LogP) is 4.11. The maximum absolute atomic E-state index is 13.9. The van der Waals surface area contributed by atoms with E-state index in [-0.39, 0.29) is 17.6 Å². The van der Waals surface area contributed by atoms with Gasteiger partial charge in [-0.1, -0.05) is 24.3 Å². The standard InChI is InChI=1S/C15H15FINO/c1-10(18)9-11-5-4-6-12(16)15(11)19-14-8-3-2-7-13(14)17/h2-8,10H,9,18H2,1H3. The Hall–Kier alpha value is -1.14. The summed E-state index contributed by atoms with van der Waals surface area (Å²) in [6, 6.07) is 12.4. The smallest absolute Gasteiger partial charge is 0.166 e. The minimum absolute atomic E-state index is 0.0426. The van der Waals surface area contributed by atoms with Gasteiger partial charge in [0.1, 0.15) is 5.75 Å². The van der Waals surface area contributed by atoms with Crippen LogP contribution in [-0.4, -0.2) is 6.04 Å². The van der Waals surface area contributed by atoms with Crippen molar-refractivity contribution in [2.24, 2.45) is 5.73 Å². The lowest BCUT2D eigenvalue weighted by molar-refractivity contribution is 0.432. The van der Waals surface area contributed by atoms with Crippen molar-refractivity contribution in [3.63, 3.8) is 0 Å². The lowest BCUT2D eigenvalue weighted by Gasteiger charge is -2.14. The van der Waals surface area contributed by atoms with Gasteiger partial charge in [0.15, 0.2) is 11.6 Å². The number of benzene rings is 2.